The Bertz CT molecular complexity index is 1190. The molecule has 0 spiro atoms. The van der Waals surface area contributed by atoms with E-state index in [0.29, 0.717) is 5.75 Å². The second kappa shape index (κ2) is 8.35. The van der Waals surface area contributed by atoms with Gasteiger partial charge in [-0.3, -0.25) is 9.59 Å². The van der Waals surface area contributed by atoms with Crippen molar-refractivity contribution in [3.8, 4) is 5.75 Å². The Morgan fingerprint density at radius 3 is 2.61 bits per heavy atom. The van der Waals surface area contributed by atoms with E-state index in [9.17, 15) is 19.1 Å². The Balaban J connectivity index is 1.94. The maximum atomic E-state index is 14.8. The maximum absolute atomic E-state index is 14.8. The van der Waals surface area contributed by atoms with Gasteiger partial charge in [-0.15, -0.1) is 11.3 Å². The van der Waals surface area contributed by atoms with Crippen molar-refractivity contribution in [2.75, 3.05) is 7.11 Å². The number of ether oxygens (including phenoxy) is 1. The topological polar surface area (TPSA) is 66.8 Å². The molecule has 1 amide bonds. The minimum Gasteiger partial charge on any atom is -0.507 e. The molecule has 4 rings (SSSR count). The number of thiophene rings is 1. The van der Waals surface area contributed by atoms with E-state index in [0.717, 1.165) is 10.4 Å². The molecule has 1 aliphatic heterocycles. The van der Waals surface area contributed by atoms with Crippen LogP contribution in [0.3, 0.4) is 0 Å². The highest BCUT2D eigenvalue weighted by Crippen LogP contribution is 2.42. The molecule has 0 aliphatic carbocycles. The minimum atomic E-state index is -1.06. The average Bonchev–Trinajstić information content (AvgIpc) is 3.36. The maximum Gasteiger partial charge on any atom is 0.295 e. The standard InChI is InChI=1S/C24H20FNO4S/c1-14-9-10-19(30-2)17(12-14)22(27)20-21(16-7-3-4-8-18(16)25)26(24(29)23(20)28)13-15-6-5-11-31-15/h3-12,21,27H,13H2,1-2H3/b22-20+. The predicted octanol–water partition coefficient (Wildman–Crippen LogP) is 4.83. The number of Topliss-reactive ketones (excluding diaryl/α,β-unsaturated/α-hetero) is 1. The number of nitrogens with zero attached hydrogens (tertiary/aromatic N) is 1. The van der Waals surface area contributed by atoms with Crippen LogP contribution in [0.25, 0.3) is 5.76 Å². The van der Waals surface area contributed by atoms with Crippen molar-refractivity contribution in [3.05, 3.63) is 92.9 Å². The summed E-state index contributed by atoms with van der Waals surface area (Å²) in [6, 6.07) is 13.7. The Morgan fingerprint density at radius 2 is 1.94 bits per heavy atom. The first kappa shape index (κ1) is 20.8. The minimum absolute atomic E-state index is 0.128. The van der Waals surface area contributed by atoms with Crippen LogP contribution >= 0.6 is 11.3 Å². The molecule has 1 atom stereocenters. The first-order valence-electron chi connectivity index (χ1n) is 9.62. The molecule has 7 heteroatoms. The molecule has 0 bridgehead atoms. The molecule has 0 saturated carbocycles. The number of amides is 1. The van der Waals surface area contributed by atoms with Gasteiger partial charge in [0.15, 0.2) is 0 Å². The van der Waals surface area contributed by atoms with Crippen molar-refractivity contribution in [2.45, 2.75) is 19.5 Å². The highest BCUT2D eigenvalue weighted by Gasteiger charge is 2.47. The van der Waals surface area contributed by atoms with E-state index in [1.165, 1.54) is 41.5 Å². The van der Waals surface area contributed by atoms with Gasteiger partial charge in [0, 0.05) is 10.4 Å². The number of benzene rings is 2. The summed E-state index contributed by atoms with van der Waals surface area (Å²) in [6.07, 6.45) is 0. The highest BCUT2D eigenvalue weighted by molar-refractivity contribution is 7.09. The van der Waals surface area contributed by atoms with Crippen LogP contribution in [-0.4, -0.2) is 28.8 Å². The van der Waals surface area contributed by atoms with E-state index in [1.807, 2.05) is 24.4 Å². The van der Waals surface area contributed by atoms with Gasteiger partial charge in [0.2, 0.25) is 0 Å². The molecule has 2 aromatic carbocycles. The third-order valence-electron chi connectivity index (χ3n) is 5.26. The van der Waals surface area contributed by atoms with Crippen LogP contribution in [0.1, 0.15) is 27.6 Å². The number of ketones is 1. The zero-order valence-electron chi connectivity index (χ0n) is 17.0. The van der Waals surface area contributed by atoms with E-state index in [-0.39, 0.29) is 29.0 Å². The molecule has 1 aliphatic rings. The van der Waals surface area contributed by atoms with Gasteiger partial charge in [0.1, 0.15) is 17.3 Å². The molecule has 1 unspecified atom stereocenters. The average molecular weight is 437 g/mol. The van der Waals surface area contributed by atoms with E-state index in [1.54, 1.807) is 24.3 Å². The van der Waals surface area contributed by atoms with E-state index in [4.69, 9.17) is 4.74 Å². The Morgan fingerprint density at radius 1 is 1.16 bits per heavy atom. The first-order chi connectivity index (χ1) is 14.9. The summed E-state index contributed by atoms with van der Waals surface area (Å²) in [5.41, 5.74) is 1.09. The van der Waals surface area contributed by atoms with Gasteiger partial charge >= 0.3 is 0 Å². The Labute approximate surface area is 183 Å². The molecule has 158 valence electrons. The second-order valence-electron chi connectivity index (χ2n) is 7.23. The summed E-state index contributed by atoms with van der Waals surface area (Å²) in [5, 5.41) is 13.1. The summed E-state index contributed by atoms with van der Waals surface area (Å²) in [7, 11) is 1.45. The number of carbonyl (C=O) groups is 2. The van der Waals surface area contributed by atoms with Gasteiger partial charge in [0.05, 0.1) is 30.8 Å². The van der Waals surface area contributed by atoms with Gasteiger partial charge in [-0.2, -0.15) is 0 Å². The number of likely N-dealkylation sites (tertiary alicyclic amines) is 1. The van der Waals surface area contributed by atoms with Crippen LogP contribution in [0, 0.1) is 12.7 Å². The number of hydrogen-bond donors (Lipinski definition) is 1. The molecule has 3 aromatic rings. The van der Waals surface area contributed by atoms with Crippen LogP contribution in [0.5, 0.6) is 5.75 Å². The van der Waals surface area contributed by atoms with Gasteiger partial charge in [-0.1, -0.05) is 35.9 Å². The quantitative estimate of drug-likeness (QED) is 0.353. The molecule has 1 N–H and O–H groups in total. The van der Waals surface area contributed by atoms with Crippen molar-refractivity contribution < 1.29 is 23.8 Å². The fourth-order valence-electron chi connectivity index (χ4n) is 3.79. The van der Waals surface area contributed by atoms with E-state index in [2.05, 4.69) is 0 Å². The number of methoxy groups -OCH3 is 1. The van der Waals surface area contributed by atoms with Gasteiger partial charge in [-0.25, -0.2) is 4.39 Å². The lowest BCUT2D eigenvalue weighted by Crippen LogP contribution is -2.29. The number of aliphatic hydroxyl groups excluding tert-OH is 1. The summed E-state index contributed by atoms with van der Waals surface area (Å²) < 4.78 is 20.2. The molecule has 1 fully saturated rings. The highest BCUT2D eigenvalue weighted by atomic mass is 32.1. The lowest BCUT2D eigenvalue weighted by atomic mass is 9.94. The number of aliphatic hydroxyl groups is 1. The molecule has 1 saturated heterocycles. The van der Waals surface area contributed by atoms with Crippen molar-refractivity contribution in [2.24, 2.45) is 0 Å². The summed E-state index contributed by atoms with van der Waals surface area (Å²) in [4.78, 5) is 28.2. The Kier molecular flexibility index (Phi) is 5.61. The molecular formula is C24H20FNO4S. The van der Waals surface area contributed by atoms with Gasteiger partial charge in [0.25, 0.3) is 11.7 Å². The molecule has 5 nitrogen and oxygen atoms in total. The van der Waals surface area contributed by atoms with Gasteiger partial charge < -0.3 is 14.7 Å². The lowest BCUT2D eigenvalue weighted by molar-refractivity contribution is -0.140. The third kappa shape index (κ3) is 3.72. The number of hydrogen-bond acceptors (Lipinski definition) is 5. The summed E-state index contributed by atoms with van der Waals surface area (Å²) in [5.74, 6) is -2.24. The molecule has 2 heterocycles. The van der Waals surface area contributed by atoms with Crippen molar-refractivity contribution in [3.63, 3.8) is 0 Å². The fourth-order valence-corrected chi connectivity index (χ4v) is 4.49. The third-order valence-corrected chi connectivity index (χ3v) is 6.12. The normalized spacial score (nSPS) is 17.9. The predicted molar refractivity (Wildman–Crippen MR) is 116 cm³/mol. The van der Waals surface area contributed by atoms with Crippen LogP contribution < -0.4 is 4.74 Å². The lowest BCUT2D eigenvalue weighted by Gasteiger charge is -2.25. The smallest absolute Gasteiger partial charge is 0.295 e. The van der Waals surface area contributed by atoms with Crippen molar-refractivity contribution in [1.29, 1.82) is 0 Å². The monoisotopic (exact) mass is 437 g/mol. The number of carbonyl (C=O) groups excluding carboxylic acids is 2. The number of halogens is 1. The first-order valence-corrected chi connectivity index (χ1v) is 10.5. The summed E-state index contributed by atoms with van der Waals surface area (Å²) in [6.45, 7) is 1.96. The van der Waals surface area contributed by atoms with Crippen LogP contribution in [0.15, 0.2) is 65.6 Å². The molecule has 31 heavy (non-hydrogen) atoms. The SMILES string of the molecule is COc1ccc(C)cc1/C(O)=C1\C(=O)C(=O)N(Cc2cccs2)C1c1ccccc1F. The molecular weight excluding hydrogens is 417 g/mol. The van der Waals surface area contributed by atoms with Crippen LogP contribution in [0.2, 0.25) is 0 Å². The van der Waals surface area contributed by atoms with E-state index < -0.39 is 23.5 Å². The number of rotatable bonds is 5. The second-order valence-corrected chi connectivity index (χ2v) is 8.26. The Hall–Kier alpha value is -3.45. The zero-order chi connectivity index (χ0) is 22.1. The van der Waals surface area contributed by atoms with Crippen molar-refractivity contribution >= 4 is 28.8 Å². The largest absolute Gasteiger partial charge is 0.507 e. The van der Waals surface area contributed by atoms with Crippen molar-refractivity contribution in [1.82, 2.24) is 4.90 Å². The molecule has 0 radical (unpaired) electrons. The summed E-state index contributed by atoms with van der Waals surface area (Å²) >= 11 is 1.43. The molecule has 1 aromatic heterocycles. The van der Waals surface area contributed by atoms with E-state index >= 15 is 0 Å². The van der Waals surface area contributed by atoms with Gasteiger partial charge in [-0.05, 0) is 36.6 Å². The number of aryl methyl sites for hydroxylation is 1. The van der Waals surface area contributed by atoms with Crippen LogP contribution in [-0.2, 0) is 16.1 Å². The zero-order valence-corrected chi connectivity index (χ0v) is 17.8. The fraction of sp³-hybridized carbons (Fsp3) is 0.167. The van der Waals surface area contributed by atoms with Crippen LogP contribution in [0.4, 0.5) is 4.39 Å².